The summed E-state index contributed by atoms with van der Waals surface area (Å²) >= 11 is 5.78. The first-order valence-corrected chi connectivity index (χ1v) is 11.7. The van der Waals surface area contributed by atoms with E-state index in [-0.39, 0.29) is 29.5 Å². The fourth-order valence-corrected chi connectivity index (χ4v) is 4.53. The van der Waals surface area contributed by atoms with E-state index in [0.717, 1.165) is 5.56 Å². The molecule has 0 atom stereocenters. The zero-order valence-corrected chi connectivity index (χ0v) is 18.8. The highest BCUT2D eigenvalue weighted by molar-refractivity contribution is 7.89. The number of nitrogens with one attached hydrogen (secondary N) is 1. The Bertz CT molecular complexity index is 1010. The number of nitrogens with zero attached hydrogens (tertiary/aromatic N) is 2. The zero-order valence-electron chi connectivity index (χ0n) is 17.2. The van der Waals surface area contributed by atoms with Gasteiger partial charge in [0.25, 0.3) is 0 Å². The van der Waals surface area contributed by atoms with E-state index >= 15 is 0 Å². The molecule has 3 rings (SSSR count). The number of carbonyl (C=O) groups is 1. The van der Waals surface area contributed by atoms with Crippen molar-refractivity contribution in [1.29, 1.82) is 0 Å². The Kier molecular flexibility index (Phi) is 7.88. The van der Waals surface area contributed by atoms with Crippen molar-refractivity contribution in [2.45, 2.75) is 17.9 Å². The third-order valence-corrected chi connectivity index (χ3v) is 6.83. The summed E-state index contributed by atoms with van der Waals surface area (Å²) in [6, 6.07) is 10.7. The van der Waals surface area contributed by atoms with Crippen molar-refractivity contribution in [1.82, 2.24) is 14.5 Å². The highest BCUT2D eigenvalue weighted by Gasteiger charge is 2.22. The molecule has 2 aromatic carbocycles. The van der Waals surface area contributed by atoms with Crippen molar-refractivity contribution < 1.29 is 22.3 Å². The van der Waals surface area contributed by atoms with Crippen LogP contribution in [0.25, 0.3) is 0 Å². The maximum absolute atomic E-state index is 13.8. The highest BCUT2D eigenvalue weighted by atomic mass is 35.5. The molecule has 0 aromatic heterocycles. The second-order valence-electron chi connectivity index (χ2n) is 7.23. The molecular weight excluding hydrogens is 445 g/mol. The molecule has 1 N–H and O–H groups in total. The van der Waals surface area contributed by atoms with Gasteiger partial charge in [-0.3, -0.25) is 9.69 Å². The van der Waals surface area contributed by atoms with Gasteiger partial charge < -0.3 is 9.64 Å². The van der Waals surface area contributed by atoms with Gasteiger partial charge in [0.1, 0.15) is 0 Å². The van der Waals surface area contributed by atoms with E-state index in [9.17, 15) is 17.6 Å². The molecule has 0 bridgehead atoms. The normalized spacial score (nSPS) is 15.1. The molecule has 0 unspecified atom stereocenters. The van der Waals surface area contributed by atoms with Gasteiger partial charge in [-0.1, -0.05) is 17.7 Å². The summed E-state index contributed by atoms with van der Waals surface area (Å²) in [7, 11) is -2.26. The molecule has 1 fully saturated rings. The number of hydrogen-bond acceptors (Lipinski definition) is 5. The number of rotatable bonds is 8. The average Bonchev–Trinajstić information content (AvgIpc) is 2.74. The molecule has 1 aliphatic rings. The molecule has 1 heterocycles. The van der Waals surface area contributed by atoms with Crippen molar-refractivity contribution in [3.8, 4) is 5.75 Å². The lowest BCUT2D eigenvalue weighted by Crippen LogP contribution is -2.48. The van der Waals surface area contributed by atoms with Gasteiger partial charge in [0.05, 0.1) is 12.0 Å². The monoisotopic (exact) mass is 469 g/mol. The fourth-order valence-electron chi connectivity index (χ4n) is 3.37. The molecule has 0 spiro atoms. The van der Waals surface area contributed by atoms with Crippen molar-refractivity contribution in [2.75, 3.05) is 39.8 Å². The molecule has 2 aromatic rings. The van der Waals surface area contributed by atoms with Crippen LogP contribution in [0.5, 0.6) is 5.75 Å². The summed E-state index contributed by atoms with van der Waals surface area (Å²) in [5.41, 5.74) is 0.842. The third-order valence-electron chi connectivity index (χ3n) is 5.10. The first kappa shape index (κ1) is 23.5. The number of methoxy groups -OCH3 is 1. The van der Waals surface area contributed by atoms with Crippen LogP contribution >= 0.6 is 11.6 Å². The molecule has 168 valence electrons. The number of hydrogen-bond donors (Lipinski definition) is 1. The van der Waals surface area contributed by atoms with Crippen LogP contribution in [0.15, 0.2) is 47.4 Å². The van der Waals surface area contributed by atoms with Gasteiger partial charge in [0.2, 0.25) is 15.9 Å². The summed E-state index contributed by atoms with van der Waals surface area (Å²) < 4.78 is 45.8. The van der Waals surface area contributed by atoms with Crippen molar-refractivity contribution in [3.63, 3.8) is 0 Å². The summed E-state index contributed by atoms with van der Waals surface area (Å²) in [4.78, 5) is 16.4. The molecule has 0 radical (unpaired) electrons. The lowest BCUT2D eigenvalue weighted by molar-refractivity contribution is -0.132. The van der Waals surface area contributed by atoms with Crippen molar-refractivity contribution in [3.05, 3.63) is 58.9 Å². The Morgan fingerprint density at radius 1 is 1.13 bits per heavy atom. The molecule has 0 saturated carbocycles. The first-order valence-electron chi connectivity index (χ1n) is 9.86. The van der Waals surface area contributed by atoms with Crippen LogP contribution < -0.4 is 9.46 Å². The summed E-state index contributed by atoms with van der Waals surface area (Å²) in [6.07, 6.45) is 0.0799. The predicted octanol–water partition coefficient (Wildman–Crippen LogP) is 2.50. The number of carbonyl (C=O) groups excluding carboxylic acids is 1. The van der Waals surface area contributed by atoms with E-state index in [1.54, 1.807) is 11.0 Å². The molecule has 0 aliphatic carbocycles. The topological polar surface area (TPSA) is 79.0 Å². The number of ether oxygens (including phenoxy) is 1. The largest absolute Gasteiger partial charge is 0.494 e. The first-order chi connectivity index (χ1) is 14.8. The van der Waals surface area contributed by atoms with E-state index < -0.39 is 15.8 Å². The number of amides is 1. The minimum atomic E-state index is -3.68. The Hall–Kier alpha value is -2.20. The van der Waals surface area contributed by atoms with Gasteiger partial charge in [-0.15, -0.1) is 0 Å². The number of sulfonamides is 1. The van der Waals surface area contributed by atoms with Crippen molar-refractivity contribution >= 4 is 27.5 Å². The van der Waals surface area contributed by atoms with E-state index in [1.165, 1.54) is 37.4 Å². The Labute approximate surface area is 186 Å². The molecule has 31 heavy (non-hydrogen) atoms. The number of benzene rings is 2. The van der Waals surface area contributed by atoms with Crippen LogP contribution in [0.3, 0.4) is 0 Å². The quantitative estimate of drug-likeness (QED) is 0.642. The van der Waals surface area contributed by atoms with Crippen LogP contribution in [0, 0.1) is 5.82 Å². The highest BCUT2D eigenvalue weighted by Crippen LogP contribution is 2.19. The minimum absolute atomic E-state index is 0.0229. The van der Waals surface area contributed by atoms with Crippen LogP contribution in [0.4, 0.5) is 4.39 Å². The molecule has 10 heteroatoms. The Balaban J connectivity index is 1.43. The van der Waals surface area contributed by atoms with Gasteiger partial charge in [-0.05, 0) is 42.0 Å². The van der Waals surface area contributed by atoms with Crippen LogP contribution in [0.2, 0.25) is 5.02 Å². The molecule has 7 nitrogen and oxygen atoms in total. The van der Waals surface area contributed by atoms with Gasteiger partial charge in [0, 0.05) is 50.7 Å². The van der Waals surface area contributed by atoms with E-state index in [1.807, 2.05) is 6.07 Å². The molecule has 1 aliphatic heterocycles. The predicted molar refractivity (Wildman–Crippen MR) is 116 cm³/mol. The zero-order chi connectivity index (χ0) is 22.4. The lowest BCUT2D eigenvalue weighted by atomic mass is 10.1. The SMILES string of the molecule is COc1ccc(CN2CCN(C(=O)CCNS(=O)(=O)c3ccc(Cl)cc3)CC2)cc1F. The minimum Gasteiger partial charge on any atom is -0.494 e. The molecule has 1 saturated heterocycles. The van der Waals surface area contributed by atoms with Gasteiger partial charge in [-0.25, -0.2) is 17.5 Å². The Morgan fingerprint density at radius 2 is 1.81 bits per heavy atom. The smallest absolute Gasteiger partial charge is 0.240 e. The van der Waals surface area contributed by atoms with Crippen molar-refractivity contribution in [2.24, 2.45) is 0 Å². The van der Waals surface area contributed by atoms with Crippen LogP contribution in [-0.4, -0.2) is 64.0 Å². The lowest BCUT2D eigenvalue weighted by Gasteiger charge is -2.34. The second-order valence-corrected chi connectivity index (χ2v) is 9.43. The van der Waals surface area contributed by atoms with Gasteiger partial charge in [0.15, 0.2) is 11.6 Å². The average molecular weight is 470 g/mol. The second kappa shape index (κ2) is 10.4. The van der Waals surface area contributed by atoms with E-state index in [0.29, 0.717) is 37.7 Å². The maximum atomic E-state index is 13.8. The van der Waals surface area contributed by atoms with E-state index in [2.05, 4.69) is 9.62 Å². The van der Waals surface area contributed by atoms with Crippen LogP contribution in [0.1, 0.15) is 12.0 Å². The maximum Gasteiger partial charge on any atom is 0.240 e. The van der Waals surface area contributed by atoms with Gasteiger partial charge >= 0.3 is 0 Å². The number of piperazine rings is 1. The number of halogens is 2. The Morgan fingerprint density at radius 3 is 2.42 bits per heavy atom. The summed E-state index contributed by atoms with van der Waals surface area (Å²) in [5.74, 6) is -0.283. The van der Waals surface area contributed by atoms with Crippen LogP contribution in [-0.2, 0) is 21.4 Å². The third kappa shape index (κ3) is 6.39. The molecule has 1 amide bonds. The standard InChI is InChI=1S/C21H25ClFN3O4S/c1-30-20-7-2-16(14-19(20)23)15-25-10-12-26(13-11-25)21(27)8-9-24-31(28,29)18-5-3-17(22)4-6-18/h2-7,14,24H,8-13,15H2,1H3. The fraction of sp³-hybridized carbons (Fsp3) is 0.381. The molecular formula is C21H25ClFN3O4S. The summed E-state index contributed by atoms with van der Waals surface area (Å²) in [6.45, 7) is 3.02. The van der Waals surface area contributed by atoms with E-state index in [4.69, 9.17) is 16.3 Å². The van der Waals surface area contributed by atoms with Gasteiger partial charge in [-0.2, -0.15) is 0 Å². The summed E-state index contributed by atoms with van der Waals surface area (Å²) in [5, 5.41) is 0.449.